The quantitative estimate of drug-likeness (QED) is 0.281. The van der Waals surface area contributed by atoms with Crippen LogP contribution in [0.3, 0.4) is 0 Å². The molecule has 1 aromatic carbocycles. The van der Waals surface area contributed by atoms with E-state index in [4.69, 9.17) is 9.73 Å². The van der Waals surface area contributed by atoms with Gasteiger partial charge in [-0.1, -0.05) is 43.2 Å². The van der Waals surface area contributed by atoms with Crippen molar-refractivity contribution in [3.8, 4) is 0 Å². The van der Waals surface area contributed by atoms with E-state index in [2.05, 4.69) is 53.6 Å². The summed E-state index contributed by atoms with van der Waals surface area (Å²) < 4.78 is 17.9. The molecule has 1 saturated carbocycles. The SMILES string of the molecule is CCNC(=NCC(c1cccc(C)c1)N1CCOCC1)NC1CCCC(S(=O)CC)C1.I. The van der Waals surface area contributed by atoms with Gasteiger partial charge in [-0.25, -0.2) is 0 Å². The maximum atomic E-state index is 12.3. The standard InChI is InChI=1S/C24H40N4O2S.HI/c1-4-25-24(27-21-10-7-11-22(17-21)31(29)5-2)26-18-23(28-12-14-30-15-13-28)20-9-6-8-19(3)16-20;/h6,8-9,16,21-23H,4-5,7,10-15,17-18H2,1-3H3,(H2,25,26,27);1H. The third-order valence-corrected chi connectivity index (χ3v) is 8.04. The molecule has 0 bridgehead atoms. The lowest BCUT2D eigenvalue weighted by Gasteiger charge is -2.34. The molecule has 2 N–H and O–H groups in total. The average Bonchev–Trinajstić information content (AvgIpc) is 2.80. The van der Waals surface area contributed by atoms with E-state index < -0.39 is 10.8 Å². The summed E-state index contributed by atoms with van der Waals surface area (Å²) in [4.78, 5) is 7.51. The molecule has 1 saturated heterocycles. The van der Waals surface area contributed by atoms with Crippen molar-refractivity contribution in [3.63, 3.8) is 0 Å². The van der Waals surface area contributed by atoms with Gasteiger partial charge in [0.15, 0.2) is 5.96 Å². The highest BCUT2D eigenvalue weighted by Crippen LogP contribution is 2.24. The number of benzene rings is 1. The Morgan fingerprint density at radius 1 is 1.28 bits per heavy atom. The summed E-state index contributed by atoms with van der Waals surface area (Å²) in [6, 6.07) is 9.37. The first kappa shape index (κ1) is 27.5. The second kappa shape index (κ2) is 14.5. The molecule has 0 spiro atoms. The summed E-state index contributed by atoms with van der Waals surface area (Å²) in [5, 5.41) is 7.39. The predicted molar refractivity (Wildman–Crippen MR) is 146 cm³/mol. The summed E-state index contributed by atoms with van der Waals surface area (Å²) in [6.07, 6.45) is 4.30. The van der Waals surface area contributed by atoms with Gasteiger partial charge < -0.3 is 15.4 Å². The molecule has 182 valence electrons. The summed E-state index contributed by atoms with van der Waals surface area (Å²) >= 11 is 0. The van der Waals surface area contributed by atoms with E-state index in [1.165, 1.54) is 11.1 Å². The average molecular weight is 577 g/mol. The zero-order chi connectivity index (χ0) is 22.1. The molecule has 4 unspecified atom stereocenters. The van der Waals surface area contributed by atoms with E-state index in [9.17, 15) is 4.21 Å². The number of aliphatic imine (C=N–C) groups is 1. The lowest BCUT2D eigenvalue weighted by atomic mass is 9.95. The molecule has 0 amide bonds. The summed E-state index contributed by atoms with van der Waals surface area (Å²) in [7, 11) is -0.713. The molecular formula is C24H41IN4O2S. The molecule has 3 rings (SSSR count). The number of ether oxygens (including phenoxy) is 1. The summed E-state index contributed by atoms with van der Waals surface area (Å²) in [5.74, 6) is 1.63. The second-order valence-corrected chi connectivity index (χ2v) is 10.6. The van der Waals surface area contributed by atoms with E-state index in [-0.39, 0.29) is 30.0 Å². The number of guanidine groups is 1. The number of hydrogen-bond acceptors (Lipinski definition) is 4. The van der Waals surface area contributed by atoms with Crippen LogP contribution in [0.15, 0.2) is 29.3 Å². The molecule has 1 heterocycles. The van der Waals surface area contributed by atoms with Crippen LogP contribution in [-0.2, 0) is 15.5 Å². The summed E-state index contributed by atoms with van der Waals surface area (Å²) in [6.45, 7) is 11.2. The highest BCUT2D eigenvalue weighted by molar-refractivity contribution is 14.0. The third-order valence-electron chi connectivity index (χ3n) is 6.30. The minimum atomic E-state index is -0.713. The molecule has 2 fully saturated rings. The first-order valence-corrected chi connectivity index (χ1v) is 13.3. The molecule has 4 atom stereocenters. The van der Waals surface area contributed by atoms with Gasteiger partial charge in [0.1, 0.15) is 0 Å². The van der Waals surface area contributed by atoms with Crippen LogP contribution in [0, 0.1) is 6.92 Å². The van der Waals surface area contributed by atoms with Gasteiger partial charge in [0.25, 0.3) is 0 Å². The van der Waals surface area contributed by atoms with Gasteiger partial charge in [-0.15, -0.1) is 24.0 Å². The van der Waals surface area contributed by atoms with Crippen molar-refractivity contribution in [2.75, 3.05) is 45.1 Å². The Morgan fingerprint density at radius 2 is 2.06 bits per heavy atom. The molecule has 8 heteroatoms. The monoisotopic (exact) mass is 576 g/mol. The maximum absolute atomic E-state index is 12.3. The molecule has 0 aromatic heterocycles. The van der Waals surface area contributed by atoms with Gasteiger partial charge in [-0.05, 0) is 38.7 Å². The van der Waals surface area contributed by atoms with Crippen molar-refractivity contribution >= 4 is 40.7 Å². The number of halogens is 1. The van der Waals surface area contributed by atoms with Gasteiger partial charge >= 0.3 is 0 Å². The van der Waals surface area contributed by atoms with Crippen molar-refractivity contribution in [1.82, 2.24) is 15.5 Å². The zero-order valence-corrected chi connectivity index (χ0v) is 23.0. The Morgan fingerprint density at radius 3 is 2.75 bits per heavy atom. The number of aryl methyl sites for hydroxylation is 1. The van der Waals surface area contributed by atoms with Crippen molar-refractivity contribution in [2.24, 2.45) is 4.99 Å². The van der Waals surface area contributed by atoms with E-state index in [1.807, 2.05) is 6.92 Å². The number of nitrogens with one attached hydrogen (secondary N) is 2. The number of rotatable bonds is 8. The fourth-order valence-corrected chi connectivity index (χ4v) is 5.99. The van der Waals surface area contributed by atoms with Crippen molar-refractivity contribution < 1.29 is 8.95 Å². The van der Waals surface area contributed by atoms with Gasteiger partial charge in [0.2, 0.25) is 0 Å². The van der Waals surface area contributed by atoms with Gasteiger partial charge in [0.05, 0.1) is 25.8 Å². The Bertz CT molecular complexity index is 742. The highest BCUT2D eigenvalue weighted by atomic mass is 127. The largest absolute Gasteiger partial charge is 0.379 e. The third kappa shape index (κ3) is 8.25. The zero-order valence-electron chi connectivity index (χ0n) is 19.8. The number of hydrogen-bond donors (Lipinski definition) is 2. The van der Waals surface area contributed by atoms with E-state index in [0.717, 1.165) is 70.2 Å². The predicted octanol–water partition coefficient (Wildman–Crippen LogP) is 3.62. The fraction of sp³-hybridized carbons (Fsp3) is 0.708. The number of morpholine rings is 1. The van der Waals surface area contributed by atoms with Crippen molar-refractivity contribution in [3.05, 3.63) is 35.4 Å². The van der Waals surface area contributed by atoms with Crippen LogP contribution >= 0.6 is 24.0 Å². The minimum Gasteiger partial charge on any atom is -0.379 e. The van der Waals surface area contributed by atoms with Crippen LogP contribution in [0.4, 0.5) is 0 Å². The van der Waals surface area contributed by atoms with Gasteiger partial charge in [-0.3, -0.25) is 14.1 Å². The Labute approximate surface area is 213 Å². The van der Waals surface area contributed by atoms with E-state index in [1.54, 1.807) is 0 Å². The molecule has 32 heavy (non-hydrogen) atoms. The Kier molecular flexibility index (Phi) is 12.5. The van der Waals surface area contributed by atoms with Crippen LogP contribution in [0.2, 0.25) is 0 Å². The van der Waals surface area contributed by atoms with E-state index in [0.29, 0.717) is 17.8 Å². The lowest BCUT2D eigenvalue weighted by Crippen LogP contribution is -2.47. The Balaban J connectivity index is 0.00000363. The highest BCUT2D eigenvalue weighted by Gasteiger charge is 2.27. The van der Waals surface area contributed by atoms with Crippen LogP contribution in [0.1, 0.15) is 56.7 Å². The molecule has 6 nitrogen and oxygen atoms in total. The van der Waals surface area contributed by atoms with Crippen LogP contribution in [0.25, 0.3) is 0 Å². The van der Waals surface area contributed by atoms with Crippen molar-refractivity contribution in [1.29, 1.82) is 0 Å². The second-order valence-electron chi connectivity index (χ2n) is 8.60. The Hall–Kier alpha value is -0.710. The normalized spacial score (nSPS) is 24.3. The smallest absolute Gasteiger partial charge is 0.191 e. The van der Waals surface area contributed by atoms with E-state index >= 15 is 0 Å². The lowest BCUT2D eigenvalue weighted by molar-refractivity contribution is 0.0179. The fourth-order valence-electron chi connectivity index (χ4n) is 4.64. The summed E-state index contributed by atoms with van der Waals surface area (Å²) in [5.41, 5.74) is 2.60. The van der Waals surface area contributed by atoms with Gasteiger partial charge in [-0.2, -0.15) is 0 Å². The first-order chi connectivity index (χ1) is 15.1. The topological polar surface area (TPSA) is 66.0 Å². The van der Waals surface area contributed by atoms with Crippen LogP contribution in [-0.4, -0.2) is 71.5 Å². The molecule has 2 aliphatic rings. The molecule has 1 aliphatic heterocycles. The first-order valence-electron chi connectivity index (χ1n) is 11.9. The van der Waals surface area contributed by atoms with Gasteiger partial charge in [0, 0.05) is 47.5 Å². The molecule has 0 radical (unpaired) electrons. The van der Waals surface area contributed by atoms with Crippen molar-refractivity contribution in [2.45, 2.75) is 63.8 Å². The molecule has 1 aliphatic carbocycles. The minimum absolute atomic E-state index is 0. The van der Waals surface area contributed by atoms with Crippen LogP contribution in [0.5, 0.6) is 0 Å². The molecular weight excluding hydrogens is 535 g/mol. The van der Waals surface area contributed by atoms with Crippen LogP contribution < -0.4 is 10.6 Å². The maximum Gasteiger partial charge on any atom is 0.191 e. The number of nitrogens with zero attached hydrogens (tertiary/aromatic N) is 2. The molecule has 1 aromatic rings.